The Balaban J connectivity index is 3.61. The summed E-state index contributed by atoms with van der Waals surface area (Å²) >= 11 is 0. The number of methoxy groups -OCH3 is 1. The molecule has 0 spiro atoms. The Morgan fingerprint density at radius 3 is 2.56 bits per heavy atom. The van der Waals surface area contributed by atoms with Crippen LogP contribution in [-0.2, 0) is 14.3 Å². The first-order valence-corrected chi connectivity index (χ1v) is 5.80. The number of rotatable bonds is 9. The molecular formula is C11H22N2O5. The second-order valence-electron chi connectivity index (χ2n) is 3.82. The van der Waals surface area contributed by atoms with Gasteiger partial charge >= 0.3 is 12.0 Å². The van der Waals surface area contributed by atoms with E-state index >= 15 is 0 Å². The number of nitrogens with zero attached hydrogens (tertiary/aromatic N) is 1. The molecule has 0 aliphatic rings. The summed E-state index contributed by atoms with van der Waals surface area (Å²) in [6, 6.07) is -1.25. The van der Waals surface area contributed by atoms with Gasteiger partial charge in [-0.1, -0.05) is 0 Å². The fraction of sp³-hybridized carbons (Fsp3) is 0.818. The summed E-state index contributed by atoms with van der Waals surface area (Å²) < 4.78 is 10.0. The first kappa shape index (κ1) is 16.7. The second-order valence-corrected chi connectivity index (χ2v) is 3.82. The summed E-state index contributed by atoms with van der Waals surface area (Å²) in [6.45, 7) is 3.51. The molecule has 18 heavy (non-hydrogen) atoms. The van der Waals surface area contributed by atoms with Gasteiger partial charge in [-0.3, -0.25) is 0 Å². The summed E-state index contributed by atoms with van der Waals surface area (Å²) in [5, 5.41) is 11.4. The zero-order chi connectivity index (χ0) is 14.0. The Hall–Kier alpha value is -1.34. The van der Waals surface area contributed by atoms with E-state index in [0.717, 1.165) is 4.90 Å². The van der Waals surface area contributed by atoms with Crippen LogP contribution in [0.1, 0.15) is 13.3 Å². The van der Waals surface area contributed by atoms with Crippen LogP contribution in [0, 0.1) is 0 Å². The van der Waals surface area contributed by atoms with Crippen LogP contribution >= 0.6 is 0 Å². The number of carbonyl (C=O) groups is 2. The Labute approximate surface area is 107 Å². The lowest BCUT2D eigenvalue weighted by Crippen LogP contribution is -2.46. The highest BCUT2D eigenvalue weighted by molar-refractivity contribution is 5.82. The van der Waals surface area contributed by atoms with Gasteiger partial charge in [-0.2, -0.15) is 0 Å². The van der Waals surface area contributed by atoms with Crippen LogP contribution in [-0.4, -0.2) is 68.6 Å². The first-order valence-electron chi connectivity index (χ1n) is 5.80. The van der Waals surface area contributed by atoms with Crippen LogP contribution in [0.3, 0.4) is 0 Å². The van der Waals surface area contributed by atoms with E-state index in [4.69, 9.17) is 14.6 Å². The molecule has 0 aromatic heterocycles. The van der Waals surface area contributed by atoms with Crippen molar-refractivity contribution in [2.45, 2.75) is 19.4 Å². The van der Waals surface area contributed by atoms with Crippen LogP contribution < -0.4 is 5.32 Å². The molecule has 0 aliphatic heterocycles. The highest BCUT2D eigenvalue weighted by atomic mass is 16.5. The number of aliphatic carboxylic acids is 1. The molecule has 0 radical (unpaired) electrons. The third kappa shape index (κ3) is 7.08. The van der Waals surface area contributed by atoms with Gasteiger partial charge in [0.05, 0.1) is 13.2 Å². The summed E-state index contributed by atoms with van der Waals surface area (Å²) in [7, 11) is 3.05. The minimum Gasteiger partial charge on any atom is -0.480 e. The summed E-state index contributed by atoms with van der Waals surface area (Å²) in [4.78, 5) is 23.3. The van der Waals surface area contributed by atoms with Crippen molar-refractivity contribution >= 4 is 12.0 Å². The molecule has 1 atom stereocenters. The van der Waals surface area contributed by atoms with Crippen molar-refractivity contribution in [3.63, 3.8) is 0 Å². The van der Waals surface area contributed by atoms with Gasteiger partial charge in [-0.25, -0.2) is 9.59 Å². The van der Waals surface area contributed by atoms with Gasteiger partial charge in [0.2, 0.25) is 0 Å². The van der Waals surface area contributed by atoms with E-state index in [2.05, 4.69) is 5.32 Å². The smallest absolute Gasteiger partial charge is 0.326 e. The van der Waals surface area contributed by atoms with Crippen LogP contribution in [0.15, 0.2) is 0 Å². The van der Waals surface area contributed by atoms with Crippen LogP contribution in [0.25, 0.3) is 0 Å². The topological polar surface area (TPSA) is 88.1 Å². The molecule has 0 heterocycles. The van der Waals surface area contributed by atoms with Crippen LogP contribution in [0.2, 0.25) is 0 Å². The monoisotopic (exact) mass is 262 g/mol. The maximum atomic E-state index is 11.5. The predicted molar refractivity (Wildman–Crippen MR) is 65.6 cm³/mol. The molecule has 2 amide bonds. The number of ether oxygens (including phenoxy) is 2. The average molecular weight is 262 g/mol. The van der Waals surface area contributed by atoms with Gasteiger partial charge < -0.3 is 24.8 Å². The number of hydrogen-bond donors (Lipinski definition) is 2. The molecule has 0 rings (SSSR count). The molecule has 0 fully saturated rings. The van der Waals surface area contributed by atoms with E-state index < -0.39 is 18.0 Å². The standard InChI is InChI=1S/C11H22N2O5/c1-9(10(14)15)13(2)11(16)12-5-4-6-18-8-7-17-3/h9H,4-8H2,1-3H3,(H,12,16)(H,14,15). The maximum absolute atomic E-state index is 11.5. The number of hydrogen-bond acceptors (Lipinski definition) is 4. The van der Waals surface area contributed by atoms with Crippen LogP contribution in [0.5, 0.6) is 0 Å². The number of carboxylic acid groups (broad SMARTS) is 1. The van der Waals surface area contributed by atoms with E-state index in [0.29, 0.717) is 32.8 Å². The second kappa shape index (κ2) is 9.67. The third-order valence-corrected chi connectivity index (χ3v) is 2.43. The number of amides is 2. The highest BCUT2D eigenvalue weighted by Gasteiger charge is 2.20. The van der Waals surface area contributed by atoms with Crippen molar-refractivity contribution in [2.24, 2.45) is 0 Å². The normalized spacial score (nSPS) is 11.9. The summed E-state index contributed by atoms with van der Waals surface area (Å²) in [5.41, 5.74) is 0. The van der Waals surface area contributed by atoms with Gasteiger partial charge in [0, 0.05) is 27.3 Å². The number of urea groups is 1. The zero-order valence-corrected chi connectivity index (χ0v) is 11.1. The number of carboxylic acids is 1. The molecule has 0 aromatic rings. The Morgan fingerprint density at radius 1 is 1.33 bits per heavy atom. The minimum atomic E-state index is -1.03. The fourth-order valence-corrected chi connectivity index (χ4v) is 1.08. The third-order valence-electron chi connectivity index (χ3n) is 2.43. The molecule has 106 valence electrons. The molecular weight excluding hydrogens is 240 g/mol. The van der Waals surface area contributed by atoms with Gasteiger partial charge in [0.1, 0.15) is 6.04 Å². The van der Waals surface area contributed by atoms with E-state index in [9.17, 15) is 9.59 Å². The van der Waals surface area contributed by atoms with Gasteiger partial charge in [-0.05, 0) is 13.3 Å². The van der Waals surface area contributed by atoms with E-state index in [1.807, 2.05) is 0 Å². The molecule has 7 heteroatoms. The van der Waals surface area contributed by atoms with Gasteiger partial charge in [0.15, 0.2) is 0 Å². The molecule has 2 N–H and O–H groups in total. The lowest BCUT2D eigenvalue weighted by molar-refractivity contribution is -0.141. The number of carbonyl (C=O) groups excluding carboxylic acids is 1. The Bertz CT molecular complexity index is 260. The largest absolute Gasteiger partial charge is 0.480 e. The molecule has 0 saturated carbocycles. The molecule has 0 aliphatic carbocycles. The van der Waals surface area contributed by atoms with E-state index in [-0.39, 0.29) is 0 Å². The summed E-state index contributed by atoms with van der Waals surface area (Å²) in [5.74, 6) is -1.03. The Morgan fingerprint density at radius 2 is 2.00 bits per heavy atom. The summed E-state index contributed by atoms with van der Waals surface area (Å²) in [6.07, 6.45) is 0.671. The highest BCUT2D eigenvalue weighted by Crippen LogP contribution is 1.96. The first-order chi connectivity index (χ1) is 8.50. The van der Waals surface area contributed by atoms with Crippen molar-refractivity contribution < 1.29 is 24.2 Å². The minimum absolute atomic E-state index is 0.401. The van der Waals surface area contributed by atoms with E-state index in [1.54, 1.807) is 7.11 Å². The molecule has 0 aromatic carbocycles. The number of likely N-dealkylation sites (N-methyl/N-ethyl adjacent to an activating group) is 1. The van der Waals surface area contributed by atoms with Crippen molar-refractivity contribution in [3.8, 4) is 0 Å². The van der Waals surface area contributed by atoms with Crippen molar-refractivity contribution in [3.05, 3.63) is 0 Å². The average Bonchev–Trinajstić information content (AvgIpc) is 2.35. The molecule has 0 bridgehead atoms. The van der Waals surface area contributed by atoms with Gasteiger partial charge in [0.25, 0.3) is 0 Å². The lowest BCUT2D eigenvalue weighted by Gasteiger charge is -2.21. The van der Waals surface area contributed by atoms with Crippen molar-refractivity contribution in [2.75, 3.05) is 40.5 Å². The predicted octanol–water partition coefficient (Wildman–Crippen LogP) is 0.154. The molecule has 0 saturated heterocycles. The lowest BCUT2D eigenvalue weighted by atomic mass is 10.3. The molecule has 7 nitrogen and oxygen atoms in total. The zero-order valence-electron chi connectivity index (χ0n) is 11.1. The fourth-order valence-electron chi connectivity index (χ4n) is 1.08. The quantitative estimate of drug-likeness (QED) is 0.578. The number of nitrogens with one attached hydrogen (secondary N) is 1. The van der Waals surface area contributed by atoms with Crippen molar-refractivity contribution in [1.29, 1.82) is 0 Å². The van der Waals surface area contributed by atoms with E-state index in [1.165, 1.54) is 14.0 Å². The SMILES string of the molecule is COCCOCCCNC(=O)N(C)C(C)C(=O)O. The van der Waals surface area contributed by atoms with Crippen LogP contribution in [0.4, 0.5) is 4.79 Å². The van der Waals surface area contributed by atoms with Crippen molar-refractivity contribution in [1.82, 2.24) is 10.2 Å². The maximum Gasteiger partial charge on any atom is 0.326 e. The van der Waals surface area contributed by atoms with Gasteiger partial charge in [-0.15, -0.1) is 0 Å². The Kier molecular flexibility index (Phi) is 8.95. The molecule has 1 unspecified atom stereocenters.